The summed E-state index contributed by atoms with van der Waals surface area (Å²) >= 11 is 1.16. The van der Waals surface area contributed by atoms with E-state index in [0.29, 0.717) is 16.4 Å². The van der Waals surface area contributed by atoms with Gasteiger partial charge < -0.3 is 10.6 Å². The highest BCUT2D eigenvalue weighted by Crippen LogP contribution is 2.29. The number of benzene rings is 1. The lowest BCUT2D eigenvalue weighted by atomic mass is 10.1. The van der Waals surface area contributed by atoms with E-state index in [1.165, 1.54) is 31.7 Å². The molecule has 31 heavy (non-hydrogen) atoms. The zero-order chi connectivity index (χ0) is 22.4. The van der Waals surface area contributed by atoms with Crippen molar-refractivity contribution in [1.82, 2.24) is 30.4 Å². The Bertz CT molecular complexity index is 1050. The first-order valence-corrected chi connectivity index (χ1v) is 9.90. The summed E-state index contributed by atoms with van der Waals surface area (Å²) in [4.78, 5) is 27.5. The largest absolute Gasteiger partial charge is 0.416 e. The predicted molar refractivity (Wildman–Crippen MR) is 107 cm³/mol. The second-order valence-electron chi connectivity index (χ2n) is 6.24. The molecular weight excluding hydrogens is 433 g/mol. The lowest BCUT2D eigenvalue weighted by molar-refractivity contribution is -0.137. The van der Waals surface area contributed by atoms with E-state index in [-0.39, 0.29) is 29.8 Å². The minimum atomic E-state index is -4.39. The highest BCUT2D eigenvalue weighted by Gasteiger charge is 2.29. The van der Waals surface area contributed by atoms with Gasteiger partial charge in [0.2, 0.25) is 5.91 Å². The van der Waals surface area contributed by atoms with Crippen LogP contribution in [0.25, 0.3) is 5.82 Å². The lowest BCUT2D eigenvalue weighted by Crippen LogP contribution is -2.24. The Hall–Kier alpha value is -3.41. The Labute approximate surface area is 179 Å². The van der Waals surface area contributed by atoms with Gasteiger partial charge in [-0.05, 0) is 29.8 Å². The molecule has 0 fully saturated rings. The van der Waals surface area contributed by atoms with Crippen LogP contribution in [0.4, 0.5) is 13.2 Å². The summed E-state index contributed by atoms with van der Waals surface area (Å²) in [6.07, 6.45) is -1.43. The number of carbonyl (C=O) groups is 2. The molecule has 2 amide bonds. The molecule has 2 N–H and O–H groups in total. The van der Waals surface area contributed by atoms with Crippen LogP contribution >= 0.6 is 11.8 Å². The van der Waals surface area contributed by atoms with Gasteiger partial charge in [-0.2, -0.15) is 13.2 Å². The van der Waals surface area contributed by atoms with Crippen molar-refractivity contribution in [2.45, 2.75) is 17.7 Å². The van der Waals surface area contributed by atoms with Crippen LogP contribution in [0, 0.1) is 0 Å². The molecule has 0 aliphatic heterocycles. The van der Waals surface area contributed by atoms with Crippen LogP contribution in [0.1, 0.15) is 21.6 Å². The number of alkyl halides is 3. The minimum absolute atomic E-state index is 0.0700. The van der Waals surface area contributed by atoms with Crippen molar-refractivity contribution >= 4 is 23.6 Å². The number of aromatic nitrogens is 4. The average molecular weight is 450 g/mol. The topological polar surface area (TPSA) is 102 Å². The number of rotatable bonds is 7. The third kappa shape index (κ3) is 6.04. The molecule has 3 rings (SSSR count). The first-order chi connectivity index (χ1) is 14.8. The molecule has 0 unspecified atom stereocenters. The predicted octanol–water partition coefficient (Wildman–Crippen LogP) is 2.45. The number of nitrogens with zero attached hydrogens (tertiary/aromatic N) is 4. The van der Waals surface area contributed by atoms with Gasteiger partial charge in [0.25, 0.3) is 5.91 Å². The quantitative estimate of drug-likeness (QED) is 0.537. The molecule has 2 heterocycles. The maximum absolute atomic E-state index is 12.6. The zero-order valence-electron chi connectivity index (χ0n) is 16.2. The van der Waals surface area contributed by atoms with Crippen molar-refractivity contribution in [3.05, 3.63) is 65.7 Å². The average Bonchev–Trinajstić information content (AvgIpc) is 3.26. The Morgan fingerprint density at radius 2 is 1.84 bits per heavy atom. The molecule has 8 nitrogen and oxygen atoms in total. The second-order valence-corrected chi connectivity index (χ2v) is 7.23. The van der Waals surface area contributed by atoms with Crippen molar-refractivity contribution in [2.75, 3.05) is 12.8 Å². The van der Waals surface area contributed by atoms with Crippen molar-refractivity contribution in [3.63, 3.8) is 0 Å². The standard InChI is InChI=1S/C19H17F3N6O2S/c1-23-18(30)14-9-28(11-25-14)15-6-7-17(27-26-15)31-10-16(29)24-8-12-2-4-13(5-3-12)19(20,21)22/h2-7,9,11H,8,10H2,1H3,(H,23,30)(H,24,29). The summed E-state index contributed by atoms with van der Waals surface area (Å²) in [6.45, 7) is 0.121. The van der Waals surface area contributed by atoms with Crippen molar-refractivity contribution < 1.29 is 22.8 Å². The summed E-state index contributed by atoms with van der Waals surface area (Å²) in [5, 5.41) is 13.7. The van der Waals surface area contributed by atoms with Gasteiger partial charge in [-0.3, -0.25) is 14.2 Å². The van der Waals surface area contributed by atoms with Crippen LogP contribution in [0.2, 0.25) is 0 Å². The third-order valence-electron chi connectivity index (χ3n) is 4.05. The van der Waals surface area contributed by atoms with Gasteiger partial charge in [0.05, 0.1) is 11.3 Å². The molecule has 2 aromatic heterocycles. The summed E-state index contributed by atoms with van der Waals surface area (Å²) in [5.74, 6) is -0.0823. The normalized spacial score (nSPS) is 11.2. The van der Waals surface area contributed by atoms with Crippen LogP contribution in [0.15, 0.2) is 53.9 Å². The number of hydrogen-bond donors (Lipinski definition) is 2. The van der Waals surface area contributed by atoms with Gasteiger partial charge in [0, 0.05) is 19.8 Å². The summed E-state index contributed by atoms with van der Waals surface area (Å²) in [6, 6.07) is 7.95. The Balaban J connectivity index is 1.48. The van der Waals surface area contributed by atoms with Crippen LogP contribution in [-0.2, 0) is 17.5 Å². The molecule has 0 spiro atoms. The van der Waals surface area contributed by atoms with E-state index in [2.05, 4.69) is 25.8 Å². The molecule has 0 radical (unpaired) electrons. The van der Waals surface area contributed by atoms with Crippen LogP contribution < -0.4 is 10.6 Å². The smallest absolute Gasteiger partial charge is 0.354 e. The number of amides is 2. The van der Waals surface area contributed by atoms with Gasteiger partial charge in [-0.15, -0.1) is 10.2 Å². The second kappa shape index (κ2) is 9.60. The van der Waals surface area contributed by atoms with Crippen LogP contribution in [0.3, 0.4) is 0 Å². The lowest BCUT2D eigenvalue weighted by Gasteiger charge is -2.08. The minimum Gasteiger partial charge on any atom is -0.354 e. The number of carbonyl (C=O) groups excluding carboxylic acids is 2. The van der Waals surface area contributed by atoms with Gasteiger partial charge in [0.15, 0.2) is 5.82 Å². The van der Waals surface area contributed by atoms with Gasteiger partial charge >= 0.3 is 6.18 Å². The fourth-order valence-electron chi connectivity index (χ4n) is 2.42. The van der Waals surface area contributed by atoms with E-state index < -0.39 is 11.7 Å². The fraction of sp³-hybridized carbons (Fsp3) is 0.211. The summed E-state index contributed by atoms with van der Waals surface area (Å²) < 4.78 is 39.2. The van der Waals surface area contributed by atoms with Crippen molar-refractivity contribution in [1.29, 1.82) is 0 Å². The molecule has 0 saturated carbocycles. The molecule has 0 aliphatic carbocycles. The number of nitrogens with one attached hydrogen (secondary N) is 2. The fourth-order valence-corrected chi connectivity index (χ4v) is 3.07. The molecule has 1 aromatic carbocycles. The number of halogens is 3. The van der Waals surface area contributed by atoms with Gasteiger partial charge in [0.1, 0.15) is 17.0 Å². The van der Waals surface area contributed by atoms with Crippen molar-refractivity contribution in [3.8, 4) is 5.82 Å². The Morgan fingerprint density at radius 1 is 1.10 bits per heavy atom. The number of thioether (sulfide) groups is 1. The monoisotopic (exact) mass is 450 g/mol. The van der Waals surface area contributed by atoms with Crippen molar-refractivity contribution in [2.24, 2.45) is 0 Å². The van der Waals surface area contributed by atoms with Gasteiger partial charge in [-0.1, -0.05) is 23.9 Å². The van der Waals surface area contributed by atoms with Crippen LogP contribution in [-0.4, -0.2) is 44.4 Å². The molecule has 0 bridgehead atoms. The SMILES string of the molecule is CNC(=O)c1cn(-c2ccc(SCC(=O)NCc3ccc(C(F)(F)F)cc3)nn2)cn1. The maximum atomic E-state index is 12.6. The first kappa shape index (κ1) is 22.3. The van der Waals surface area contributed by atoms with Crippen LogP contribution in [0.5, 0.6) is 0 Å². The third-order valence-corrected chi connectivity index (χ3v) is 4.97. The highest BCUT2D eigenvalue weighted by atomic mass is 32.2. The Morgan fingerprint density at radius 3 is 2.45 bits per heavy atom. The molecule has 0 atom stereocenters. The molecular formula is C19H17F3N6O2S. The summed E-state index contributed by atoms with van der Waals surface area (Å²) in [5.41, 5.74) is 0.0696. The molecule has 0 aliphatic rings. The first-order valence-electron chi connectivity index (χ1n) is 8.92. The van der Waals surface area contributed by atoms with E-state index in [9.17, 15) is 22.8 Å². The van der Waals surface area contributed by atoms with E-state index in [4.69, 9.17) is 0 Å². The molecule has 12 heteroatoms. The van der Waals surface area contributed by atoms with Gasteiger partial charge in [-0.25, -0.2) is 4.98 Å². The zero-order valence-corrected chi connectivity index (χ0v) is 17.0. The molecule has 162 valence electrons. The van der Waals surface area contributed by atoms with E-state index >= 15 is 0 Å². The summed E-state index contributed by atoms with van der Waals surface area (Å²) in [7, 11) is 1.51. The Kier molecular flexibility index (Phi) is 6.90. The number of hydrogen-bond acceptors (Lipinski definition) is 6. The number of imidazole rings is 1. The van der Waals surface area contributed by atoms with E-state index in [0.717, 1.165) is 23.9 Å². The highest BCUT2D eigenvalue weighted by molar-refractivity contribution is 7.99. The maximum Gasteiger partial charge on any atom is 0.416 e. The molecule has 3 aromatic rings. The van der Waals surface area contributed by atoms with E-state index in [1.807, 2.05) is 0 Å². The van der Waals surface area contributed by atoms with E-state index in [1.54, 1.807) is 16.7 Å². The molecule has 0 saturated heterocycles.